The van der Waals surface area contributed by atoms with Crippen LogP contribution in [0.25, 0.3) is 0 Å². The van der Waals surface area contributed by atoms with E-state index in [-0.39, 0.29) is 11.5 Å². The van der Waals surface area contributed by atoms with Gasteiger partial charge in [0.2, 0.25) is 17.7 Å². The number of rotatable bonds is 14. The molecule has 11 nitrogen and oxygen atoms in total. The highest BCUT2D eigenvalue weighted by Crippen LogP contribution is 2.32. The van der Waals surface area contributed by atoms with Crippen molar-refractivity contribution in [2.75, 3.05) is 85.8 Å². The number of nitrogens with zero attached hydrogens (tertiary/aromatic N) is 5. The predicted molar refractivity (Wildman–Crippen MR) is 155 cm³/mol. The van der Waals surface area contributed by atoms with Crippen molar-refractivity contribution in [2.24, 2.45) is 0 Å². The summed E-state index contributed by atoms with van der Waals surface area (Å²) in [6, 6.07) is 10.5. The molecule has 0 saturated carbocycles. The van der Waals surface area contributed by atoms with Crippen molar-refractivity contribution < 1.29 is 28.5 Å². The summed E-state index contributed by atoms with van der Waals surface area (Å²) in [7, 11) is 6.49. The molecule has 0 bridgehead atoms. The lowest BCUT2D eigenvalue weighted by Gasteiger charge is -2.47. The van der Waals surface area contributed by atoms with Gasteiger partial charge in [0.15, 0.2) is 6.29 Å². The monoisotopic (exact) mass is 571 g/mol. The molecule has 0 aliphatic carbocycles. The van der Waals surface area contributed by atoms with Gasteiger partial charge in [-0.05, 0) is 30.4 Å². The molecule has 11 heteroatoms. The minimum absolute atomic E-state index is 0.00868. The van der Waals surface area contributed by atoms with E-state index in [2.05, 4.69) is 44.0 Å². The van der Waals surface area contributed by atoms with E-state index in [4.69, 9.17) is 23.7 Å². The zero-order chi connectivity index (χ0) is 29.1. The molecule has 1 amide bonds. The highest BCUT2D eigenvalue weighted by Gasteiger charge is 2.40. The maximum Gasteiger partial charge on any atom is 0.228 e. The normalized spacial score (nSPS) is 17.2. The number of likely N-dealkylation sites (tertiary alicyclic amines) is 1. The van der Waals surface area contributed by atoms with E-state index in [1.165, 1.54) is 11.1 Å². The Morgan fingerprint density at radius 3 is 2.63 bits per heavy atom. The maximum atomic E-state index is 12.3. The van der Waals surface area contributed by atoms with Gasteiger partial charge in [0.25, 0.3) is 0 Å². The van der Waals surface area contributed by atoms with Crippen molar-refractivity contribution in [1.29, 1.82) is 0 Å². The molecule has 1 spiro atoms. The SMILES string of the molecule is COc1ccnc(N2CCOC3(CCN(Cc4cccc(CCOCCC(=O)N(C)CC(OC)OC)c4)CC3)C2)n1. The van der Waals surface area contributed by atoms with Crippen LogP contribution in [0.3, 0.4) is 0 Å². The second kappa shape index (κ2) is 15.4. The van der Waals surface area contributed by atoms with Gasteiger partial charge in [-0.1, -0.05) is 24.3 Å². The van der Waals surface area contributed by atoms with Gasteiger partial charge in [-0.2, -0.15) is 4.98 Å². The van der Waals surface area contributed by atoms with Crippen LogP contribution in [-0.2, 0) is 36.7 Å². The van der Waals surface area contributed by atoms with Crippen molar-refractivity contribution in [3.05, 3.63) is 47.7 Å². The molecule has 0 radical (unpaired) electrons. The maximum absolute atomic E-state index is 12.3. The number of aromatic nitrogens is 2. The first kappa shape index (κ1) is 31.1. The van der Waals surface area contributed by atoms with Crippen LogP contribution < -0.4 is 9.64 Å². The number of hydrogen-bond acceptors (Lipinski definition) is 10. The van der Waals surface area contributed by atoms with Gasteiger partial charge >= 0.3 is 0 Å². The molecule has 2 saturated heterocycles. The van der Waals surface area contributed by atoms with Gasteiger partial charge in [-0.15, -0.1) is 0 Å². The van der Waals surface area contributed by atoms with Crippen molar-refractivity contribution in [3.63, 3.8) is 0 Å². The summed E-state index contributed by atoms with van der Waals surface area (Å²) >= 11 is 0. The van der Waals surface area contributed by atoms with Crippen LogP contribution in [0, 0.1) is 0 Å². The Morgan fingerprint density at radius 1 is 1.10 bits per heavy atom. The van der Waals surface area contributed by atoms with Crippen molar-refractivity contribution >= 4 is 11.9 Å². The average Bonchev–Trinajstić information content (AvgIpc) is 3.01. The Bertz CT molecular complexity index is 1090. The van der Waals surface area contributed by atoms with Gasteiger partial charge in [0.05, 0.1) is 52.0 Å². The number of carbonyl (C=O) groups is 1. The first-order valence-corrected chi connectivity index (χ1v) is 14.4. The van der Waals surface area contributed by atoms with E-state index in [1.54, 1.807) is 45.5 Å². The Morgan fingerprint density at radius 2 is 1.88 bits per heavy atom. The molecule has 2 aromatic rings. The minimum Gasteiger partial charge on any atom is -0.481 e. The van der Waals surface area contributed by atoms with Crippen LogP contribution in [0.15, 0.2) is 36.5 Å². The molecular weight excluding hydrogens is 526 g/mol. The summed E-state index contributed by atoms with van der Waals surface area (Å²) in [5.74, 6) is 1.29. The van der Waals surface area contributed by atoms with E-state index in [0.717, 1.165) is 52.0 Å². The zero-order valence-electron chi connectivity index (χ0n) is 24.9. The molecule has 3 heterocycles. The largest absolute Gasteiger partial charge is 0.481 e. The van der Waals surface area contributed by atoms with Gasteiger partial charge in [0, 0.05) is 59.7 Å². The fourth-order valence-electron chi connectivity index (χ4n) is 5.39. The summed E-state index contributed by atoms with van der Waals surface area (Å²) in [4.78, 5) is 27.6. The number of morpholine rings is 1. The van der Waals surface area contributed by atoms with Crippen LogP contribution in [0.2, 0.25) is 0 Å². The highest BCUT2D eigenvalue weighted by atomic mass is 16.7. The van der Waals surface area contributed by atoms with E-state index in [0.29, 0.717) is 44.6 Å². The van der Waals surface area contributed by atoms with E-state index in [9.17, 15) is 4.79 Å². The Balaban J connectivity index is 1.17. The summed E-state index contributed by atoms with van der Waals surface area (Å²) in [6.45, 7) is 6.51. The molecule has 1 aromatic carbocycles. The number of hydrogen-bond donors (Lipinski definition) is 0. The standard InChI is InChI=1S/C30H45N5O6/c1-33(22-28(38-3)39-4)27(36)10-18-40-17-9-24-6-5-7-25(20-24)21-34-14-11-30(12-15-34)23-35(16-19-41-30)29-31-13-8-26(32-29)37-2/h5-8,13,20,28H,9-12,14-19,21-23H2,1-4H3. The first-order chi connectivity index (χ1) is 19.9. The van der Waals surface area contributed by atoms with Crippen LogP contribution >= 0.6 is 0 Å². The number of ether oxygens (including phenoxy) is 5. The van der Waals surface area contributed by atoms with E-state index in [1.807, 2.05) is 0 Å². The summed E-state index contributed by atoms with van der Waals surface area (Å²) in [5, 5.41) is 0. The smallest absolute Gasteiger partial charge is 0.228 e. The van der Waals surface area contributed by atoms with Crippen LogP contribution in [-0.4, -0.2) is 118 Å². The summed E-state index contributed by atoms with van der Waals surface area (Å²) < 4.78 is 27.7. The lowest BCUT2D eigenvalue weighted by atomic mass is 9.89. The zero-order valence-corrected chi connectivity index (χ0v) is 24.9. The molecule has 1 aromatic heterocycles. The second-order valence-electron chi connectivity index (χ2n) is 10.7. The lowest BCUT2D eigenvalue weighted by Crippen LogP contribution is -2.57. The number of anilines is 1. The van der Waals surface area contributed by atoms with Crippen LogP contribution in [0.5, 0.6) is 5.88 Å². The molecule has 4 rings (SSSR count). The molecule has 2 aliphatic heterocycles. The third-order valence-electron chi connectivity index (χ3n) is 7.89. The Labute approximate surface area is 243 Å². The number of methoxy groups -OCH3 is 3. The number of piperidine rings is 1. The number of carbonyl (C=O) groups excluding carboxylic acids is 1. The van der Waals surface area contributed by atoms with Gasteiger partial charge in [-0.3, -0.25) is 9.69 Å². The first-order valence-electron chi connectivity index (χ1n) is 14.4. The third-order valence-corrected chi connectivity index (χ3v) is 7.89. The lowest BCUT2D eigenvalue weighted by molar-refractivity contribution is -0.143. The molecule has 0 unspecified atom stereocenters. The molecule has 0 N–H and O–H groups in total. The van der Waals surface area contributed by atoms with Gasteiger partial charge in [-0.25, -0.2) is 4.98 Å². The predicted octanol–water partition coefficient (Wildman–Crippen LogP) is 2.38. The van der Waals surface area contributed by atoms with Crippen molar-refractivity contribution in [3.8, 4) is 5.88 Å². The Kier molecular flexibility index (Phi) is 11.7. The molecule has 2 fully saturated rings. The third kappa shape index (κ3) is 9.08. The Hall–Kier alpha value is -2.83. The molecule has 0 atom stereocenters. The molecule has 226 valence electrons. The van der Waals surface area contributed by atoms with Gasteiger partial charge in [0.1, 0.15) is 0 Å². The van der Waals surface area contributed by atoms with Crippen LogP contribution in [0.4, 0.5) is 5.95 Å². The van der Waals surface area contributed by atoms with E-state index < -0.39 is 6.29 Å². The molecule has 41 heavy (non-hydrogen) atoms. The quantitative estimate of drug-likeness (QED) is 0.248. The highest BCUT2D eigenvalue weighted by molar-refractivity contribution is 5.75. The van der Waals surface area contributed by atoms with Gasteiger partial charge < -0.3 is 33.5 Å². The van der Waals surface area contributed by atoms with Crippen molar-refractivity contribution in [2.45, 2.75) is 44.1 Å². The minimum atomic E-state index is -0.422. The number of amides is 1. The fourth-order valence-corrected chi connectivity index (χ4v) is 5.39. The average molecular weight is 572 g/mol. The number of benzene rings is 1. The van der Waals surface area contributed by atoms with E-state index >= 15 is 0 Å². The van der Waals surface area contributed by atoms with Crippen LogP contribution in [0.1, 0.15) is 30.4 Å². The van der Waals surface area contributed by atoms with Crippen molar-refractivity contribution in [1.82, 2.24) is 19.8 Å². The topological polar surface area (TPSA) is 98.7 Å². The molecular formula is C30H45N5O6. The molecule has 2 aliphatic rings. The summed E-state index contributed by atoms with van der Waals surface area (Å²) in [6.07, 6.45) is 4.43. The number of likely N-dealkylation sites (N-methyl/N-ethyl adjacent to an activating group) is 1. The fraction of sp³-hybridized carbons (Fsp3) is 0.633. The summed E-state index contributed by atoms with van der Waals surface area (Å²) in [5.41, 5.74) is 2.38. The second-order valence-corrected chi connectivity index (χ2v) is 10.7.